The van der Waals surface area contributed by atoms with Gasteiger partial charge < -0.3 is 10.6 Å². The highest BCUT2D eigenvalue weighted by Crippen LogP contribution is 2.30. The van der Waals surface area contributed by atoms with Crippen LogP contribution in [0.3, 0.4) is 0 Å². The summed E-state index contributed by atoms with van der Waals surface area (Å²) in [6, 6.07) is 4.57. The SMILES string of the molecule is CCCCCNC(=O)c1cnc(Nc2ccc(C(F)(F)F)cc2)cn1. The third-order valence-corrected chi connectivity index (χ3v) is 3.44. The first-order valence-electron chi connectivity index (χ1n) is 7.94. The molecule has 0 radical (unpaired) electrons. The molecule has 0 saturated heterocycles. The largest absolute Gasteiger partial charge is 0.416 e. The van der Waals surface area contributed by atoms with Gasteiger partial charge in [0.15, 0.2) is 0 Å². The molecule has 25 heavy (non-hydrogen) atoms. The van der Waals surface area contributed by atoms with Gasteiger partial charge in [0, 0.05) is 12.2 Å². The number of hydrogen-bond donors (Lipinski definition) is 2. The van der Waals surface area contributed by atoms with Crippen LogP contribution in [0.2, 0.25) is 0 Å². The molecule has 0 atom stereocenters. The van der Waals surface area contributed by atoms with Crippen molar-refractivity contribution in [3.8, 4) is 0 Å². The van der Waals surface area contributed by atoms with Gasteiger partial charge in [0.25, 0.3) is 5.91 Å². The summed E-state index contributed by atoms with van der Waals surface area (Å²) in [5, 5.41) is 5.59. The Morgan fingerprint density at radius 3 is 2.36 bits per heavy atom. The number of halogens is 3. The molecule has 2 N–H and O–H groups in total. The van der Waals surface area contributed by atoms with Crippen molar-refractivity contribution in [3.63, 3.8) is 0 Å². The highest BCUT2D eigenvalue weighted by Gasteiger charge is 2.29. The van der Waals surface area contributed by atoms with Gasteiger partial charge in [-0.2, -0.15) is 13.2 Å². The highest BCUT2D eigenvalue weighted by atomic mass is 19.4. The Morgan fingerprint density at radius 2 is 1.80 bits per heavy atom. The first kappa shape index (κ1) is 18.7. The van der Waals surface area contributed by atoms with E-state index in [2.05, 4.69) is 27.5 Å². The van der Waals surface area contributed by atoms with Crippen LogP contribution in [0.5, 0.6) is 0 Å². The van der Waals surface area contributed by atoms with E-state index in [-0.39, 0.29) is 11.6 Å². The summed E-state index contributed by atoms with van der Waals surface area (Å²) in [5.74, 6) is 0.0342. The number of rotatable bonds is 7. The summed E-state index contributed by atoms with van der Waals surface area (Å²) in [6.07, 6.45) is 1.33. The van der Waals surface area contributed by atoms with E-state index in [9.17, 15) is 18.0 Å². The van der Waals surface area contributed by atoms with Crippen molar-refractivity contribution in [3.05, 3.63) is 47.9 Å². The van der Waals surface area contributed by atoms with Crippen LogP contribution in [-0.2, 0) is 6.18 Å². The average molecular weight is 352 g/mol. The summed E-state index contributed by atoms with van der Waals surface area (Å²) in [6.45, 7) is 2.66. The second-order valence-electron chi connectivity index (χ2n) is 5.45. The van der Waals surface area contributed by atoms with E-state index in [1.165, 1.54) is 24.5 Å². The number of aromatic nitrogens is 2. The number of anilines is 2. The lowest BCUT2D eigenvalue weighted by Crippen LogP contribution is -2.25. The minimum atomic E-state index is -4.37. The van der Waals surface area contributed by atoms with Crippen molar-refractivity contribution >= 4 is 17.4 Å². The Kier molecular flexibility index (Phi) is 6.32. The maximum Gasteiger partial charge on any atom is 0.416 e. The zero-order valence-electron chi connectivity index (χ0n) is 13.7. The van der Waals surface area contributed by atoms with Gasteiger partial charge in [-0.25, -0.2) is 9.97 Å². The third-order valence-electron chi connectivity index (χ3n) is 3.44. The second-order valence-corrected chi connectivity index (χ2v) is 5.45. The minimum Gasteiger partial charge on any atom is -0.351 e. The molecular weight excluding hydrogens is 333 g/mol. The molecule has 5 nitrogen and oxygen atoms in total. The molecule has 0 aliphatic carbocycles. The van der Waals surface area contributed by atoms with Gasteiger partial charge in [-0.1, -0.05) is 19.8 Å². The zero-order chi connectivity index (χ0) is 18.3. The normalized spacial score (nSPS) is 11.2. The maximum absolute atomic E-state index is 12.5. The first-order valence-corrected chi connectivity index (χ1v) is 7.94. The van der Waals surface area contributed by atoms with E-state index < -0.39 is 11.7 Å². The number of nitrogens with one attached hydrogen (secondary N) is 2. The molecule has 0 aliphatic heterocycles. The van der Waals surface area contributed by atoms with Crippen LogP contribution < -0.4 is 10.6 Å². The molecule has 1 heterocycles. The second kappa shape index (κ2) is 8.46. The molecule has 8 heteroatoms. The summed E-state index contributed by atoms with van der Waals surface area (Å²) in [5.41, 5.74) is -0.0900. The van der Waals surface area contributed by atoms with Crippen molar-refractivity contribution in [1.82, 2.24) is 15.3 Å². The van der Waals surface area contributed by atoms with Crippen LogP contribution >= 0.6 is 0 Å². The van der Waals surface area contributed by atoms with Gasteiger partial charge in [0.05, 0.1) is 18.0 Å². The Bertz CT molecular complexity index is 685. The quantitative estimate of drug-likeness (QED) is 0.735. The van der Waals surface area contributed by atoms with E-state index >= 15 is 0 Å². The van der Waals surface area contributed by atoms with E-state index in [0.29, 0.717) is 18.1 Å². The molecule has 0 unspecified atom stereocenters. The Morgan fingerprint density at radius 1 is 1.08 bits per heavy atom. The van der Waals surface area contributed by atoms with Gasteiger partial charge in [0.2, 0.25) is 0 Å². The summed E-state index contributed by atoms with van der Waals surface area (Å²) < 4.78 is 37.6. The van der Waals surface area contributed by atoms with Gasteiger partial charge in [0.1, 0.15) is 11.5 Å². The number of carbonyl (C=O) groups excluding carboxylic acids is 1. The molecule has 0 spiro atoms. The molecule has 2 aromatic rings. The van der Waals surface area contributed by atoms with Gasteiger partial charge in [-0.05, 0) is 30.7 Å². The molecule has 2 rings (SSSR count). The number of alkyl halides is 3. The van der Waals surface area contributed by atoms with Crippen molar-refractivity contribution in [1.29, 1.82) is 0 Å². The van der Waals surface area contributed by atoms with Crippen molar-refractivity contribution < 1.29 is 18.0 Å². The van der Waals surface area contributed by atoms with E-state index in [0.717, 1.165) is 31.4 Å². The topological polar surface area (TPSA) is 66.9 Å². The smallest absolute Gasteiger partial charge is 0.351 e. The fourth-order valence-corrected chi connectivity index (χ4v) is 2.07. The van der Waals surface area contributed by atoms with Crippen LogP contribution in [0.25, 0.3) is 0 Å². The van der Waals surface area contributed by atoms with Crippen LogP contribution in [0.1, 0.15) is 42.2 Å². The fraction of sp³-hybridized carbons (Fsp3) is 0.353. The van der Waals surface area contributed by atoms with E-state index in [1.54, 1.807) is 0 Å². The van der Waals surface area contributed by atoms with Crippen molar-refractivity contribution in [2.24, 2.45) is 0 Å². The molecule has 0 bridgehead atoms. The lowest BCUT2D eigenvalue weighted by Gasteiger charge is -2.09. The van der Waals surface area contributed by atoms with Crippen LogP contribution in [-0.4, -0.2) is 22.4 Å². The number of unbranched alkanes of at least 4 members (excludes halogenated alkanes) is 2. The predicted octanol–water partition coefficient (Wildman–Crippen LogP) is 4.16. The zero-order valence-corrected chi connectivity index (χ0v) is 13.7. The number of hydrogen-bond acceptors (Lipinski definition) is 4. The Labute approximate surface area is 143 Å². The first-order chi connectivity index (χ1) is 11.9. The van der Waals surface area contributed by atoms with Crippen LogP contribution in [0.4, 0.5) is 24.7 Å². The van der Waals surface area contributed by atoms with Crippen molar-refractivity contribution in [2.75, 3.05) is 11.9 Å². The van der Waals surface area contributed by atoms with Crippen molar-refractivity contribution in [2.45, 2.75) is 32.4 Å². The summed E-state index contributed by atoms with van der Waals surface area (Å²) in [7, 11) is 0. The lowest BCUT2D eigenvalue weighted by molar-refractivity contribution is -0.137. The number of nitrogens with zero attached hydrogens (tertiary/aromatic N) is 2. The van der Waals surface area contributed by atoms with E-state index in [4.69, 9.17) is 0 Å². The Balaban J connectivity index is 1.92. The molecule has 1 aromatic carbocycles. The number of amides is 1. The molecular formula is C17H19F3N4O. The molecule has 0 fully saturated rings. The van der Waals surface area contributed by atoms with Crippen LogP contribution in [0.15, 0.2) is 36.7 Å². The number of carbonyl (C=O) groups is 1. The van der Waals surface area contributed by atoms with Gasteiger partial charge >= 0.3 is 6.18 Å². The highest BCUT2D eigenvalue weighted by molar-refractivity contribution is 5.92. The summed E-state index contributed by atoms with van der Waals surface area (Å²) >= 11 is 0. The monoisotopic (exact) mass is 352 g/mol. The third kappa shape index (κ3) is 5.74. The number of benzene rings is 1. The van der Waals surface area contributed by atoms with Gasteiger partial charge in [-0.15, -0.1) is 0 Å². The Hall–Kier alpha value is -2.64. The molecule has 1 amide bonds. The standard InChI is InChI=1S/C17H19F3N4O/c1-2-3-4-9-21-16(25)14-10-23-15(11-22-14)24-13-7-5-12(6-8-13)17(18,19)20/h5-8,10-11H,2-4,9H2,1H3,(H,21,25)(H,23,24). The van der Waals surface area contributed by atoms with E-state index in [1.807, 2.05) is 0 Å². The lowest BCUT2D eigenvalue weighted by atomic mass is 10.2. The van der Waals surface area contributed by atoms with Crippen LogP contribution in [0, 0.1) is 0 Å². The molecule has 134 valence electrons. The summed E-state index contributed by atoms with van der Waals surface area (Å²) in [4.78, 5) is 19.9. The maximum atomic E-state index is 12.5. The van der Waals surface area contributed by atoms with Gasteiger partial charge in [-0.3, -0.25) is 4.79 Å². The average Bonchev–Trinajstić information content (AvgIpc) is 2.59. The predicted molar refractivity (Wildman–Crippen MR) is 88.6 cm³/mol. The molecule has 1 aromatic heterocycles. The molecule has 0 saturated carbocycles. The fourth-order valence-electron chi connectivity index (χ4n) is 2.07. The minimum absolute atomic E-state index is 0.189. The molecule has 0 aliphatic rings.